The van der Waals surface area contributed by atoms with E-state index in [1.165, 1.54) is 0 Å². The lowest BCUT2D eigenvalue weighted by atomic mass is 9.99. The zero-order chi connectivity index (χ0) is 15.0. The lowest BCUT2D eigenvalue weighted by Crippen LogP contribution is -2.19. The number of nitrogens with zero attached hydrogens (tertiary/aromatic N) is 2. The summed E-state index contributed by atoms with van der Waals surface area (Å²) in [6, 6.07) is 6.05. The first kappa shape index (κ1) is 14.4. The lowest BCUT2D eigenvalue weighted by Gasteiger charge is -2.15. The summed E-state index contributed by atoms with van der Waals surface area (Å²) in [5, 5.41) is 0. The fourth-order valence-corrected chi connectivity index (χ4v) is 3.16. The number of aromatic nitrogens is 2. The van der Waals surface area contributed by atoms with E-state index in [1.54, 1.807) is 23.2 Å². The van der Waals surface area contributed by atoms with E-state index in [2.05, 4.69) is 0 Å². The first-order chi connectivity index (χ1) is 10.1. The minimum atomic E-state index is -0.00564. The number of fused-ring (bicyclic) bond motifs is 1. The summed E-state index contributed by atoms with van der Waals surface area (Å²) in [4.78, 5) is 11.9. The van der Waals surface area contributed by atoms with Crippen molar-refractivity contribution >= 4 is 11.0 Å². The lowest BCUT2D eigenvalue weighted by molar-refractivity contribution is 0.101. The molecule has 2 aromatic rings. The van der Waals surface area contributed by atoms with Crippen molar-refractivity contribution in [2.75, 3.05) is 6.61 Å². The zero-order valence-electron chi connectivity index (χ0n) is 12.7. The smallest absolute Gasteiger partial charge is 0.328 e. The first-order valence-electron chi connectivity index (χ1n) is 7.60. The van der Waals surface area contributed by atoms with Crippen molar-refractivity contribution in [3.8, 4) is 0 Å². The molecule has 2 unspecified atom stereocenters. The van der Waals surface area contributed by atoms with Gasteiger partial charge in [0, 0.05) is 26.7 Å². The van der Waals surface area contributed by atoms with Gasteiger partial charge in [-0.1, -0.05) is 6.07 Å². The molecule has 0 bridgehead atoms. The van der Waals surface area contributed by atoms with Crippen LogP contribution in [0.15, 0.2) is 23.0 Å². The maximum absolute atomic E-state index is 11.9. The van der Waals surface area contributed by atoms with Gasteiger partial charge in [-0.2, -0.15) is 0 Å². The molecule has 1 fully saturated rings. The molecule has 0 spiro atoms. The molecule has 1 saturated heterocycles. The number of aryl methyl sites for hydroxylation is 2. The van der Waals surface area contributed by atoms with Gasteiger partial charge in [0.05, 0.1) is 17.1 Å². The van der Waals surface area contributed by atoms with E-state index in [-0.39, 0.29) is 11.7 Å². The molecule has 1 aliphatic heterocycles. The van der Waals surface area contributed by atoms with Gasteiger partial charge < -0.3 is 10.5 Å². The second-order valence-electron chi connectivity index (χ2n) is 5.97. The van der Waals surface area contributed by atoms with Crippen molar-refractivity contribution in [1.29, 1.82) is 0 Å². The number of rotatable bonds is 4. The predicted molar refractivity (Wildman–Crippen MR) is 83.3 cm³/mol. The number of nitrogens with two attached hydrogens (primary N) is 1. The summed E-state index contributed by atoms with van der Waals surface area (Å²) >= 11 is 0. The van der Waals surface area contributed by atoms with Crippen molar-refractivity contribution in [2.45, 2.75) is 37.8 Å². The molecule has 5 nitrogen and oxygen atoms in total. The number of hydrogen-bond donors (Lipinski definition) is 1. The maximum atomic E-state index is 11.9. The first-order valence-corrected chi connectivity index (χ1v) is 7.60. The third-order valence-electron chi connectivity index (χ3n) is 4.55. The van der Waals surface area contributed by atoms with Crippen LogP contribution in [-0.4, -0.2) is 21.8 Å². The van der Waals surface area contributed by atoms with Gasteiger partial charge in [0.2, 0.25) is 0 Å². The van der Waals surface area contributed by atoms with E-state index < -0.39 is 0 Å². The van der Waals surface area contributed by atoms with Crippen molar-refractivity contribution in [2.24, 2.45) is 19.8 Å². The van der Waals surface area contributed by atoms with Gasteiger partial charge in [0.15, 0.2) is 0 Å². The Balaban J connectivity index is 1.79. The molecule has 2 N–H and O–H groups in total. The van der Waals surface area contributed by atoms with E-state index in [4.69, 9.17) is 10.5 Å². The Labute approximate surface area is 124 Å². The fraction of sp³-hybridized carbons (Fsp3) is 0.562. The molecular formula is C16H23N3O2. The second kappa shape index (κ2) is 5.66. The molecule has 0 amide bonds. The highest BCUT2D eigenvalue weighted by Gasteiger charge is 2.18. The Morgan fingerprint density at radius 2 is 2.10 bits per heavy atom. The molecule has 0 saturated carbocycles. The Bertz CT molecular complexity index is 695. The number of hydrogen-bond acceptors (Lipinski definition) is 3. The highest BCUT2D eigenvalue weighted by Crippen LogP contribution is 2.24. The average molecular weight is 289 g/mol. The molecule has 2 heterocycles. The van der Waals surface area contributed by atoms with Crippen LogP contribution in [0.2, 0.25) is 0 Å². The van der Waals surface area contributed by atoms with Crippen LogP contribution in [-0.2, 0) is 18.8 Å². The van der Waals surface area contributed by atoms with Crippen LogP contribution in [0, 0.1) is 0 Å². The Hall–Kier alpha value is -1.59. The van der Waals surface area contributed by atoms with Crippen LogP contribution in [0.4, 0.5) is 0 Å². The second-order valence-corrected chi connectivity index (χ2v) is 5.97. The molecule has 0 radical (unpaired) electrons. The van der Waals surface area contributed by atoms with E-state index in [9.17, 15) is 4.79 Å². The summed E-state index contributed by atoms with van der Waals surface area (Å²) in [5.74, 6) is 0. The summed E-state index contributed by atoms with van der Waals surface area (Å²) in [6.45, 7) is 0.887. The minimum Gasteiger partial charge on any atom is -0.378 e. The van der Waals surface area contributed by atoms with Crippen LogP contribution in [0.1, 0.15) is 37.3 Å². The van der Waals surface area contributed by atoms with Gasteiger partial charge in [-0.05, 0) is 43.4 Å². The van der Waals surface area contributed by atoms with Crippen molar-refractivity contribution in [3.63, 3.8) is 0 Å². The molecule has 21 heavy (non-hydrogen) atoms. The number of imidazole rings is 1. The minimum absolute atomic E-state index is 0.00456. The van der Waals surface area contributed by atoms with Crippen LogP contribution >= 0.6 is 0 Å². The standard InChI is InChI=1S/C16H23N3O2/c1-18-14-8-5-11(10-15(14)19(2)16(18)20)13(17)7-6-12-4-3-9-21-12/h5,8,10,12-13H,3-4,6-7,9,17H2,1-2H3. The maximum Gasteiger partial charge on any atom is 0.328 e. The van der Waals surface area contributed by atoms with Gasteiger partial charge in [0.25, 0.3) is 0 Å². The van der Waals surface area contributed by atoms with Gasteiger partial charge in [-0.15, -0.1) is 0 Å². The highest BCUT2D eigenvalue weighted by atomic mass is 16.5. The average Bonchev–Trinajstić information content (AvgIpc) is 3.09. The molecule has 1 aliphatic rings. The number of benzene rings is 1. The largest absolute Gasteiger partial charge is 0.378 e. The van der Waals surface area contributed by atoms with E-state index in [1.807, 2.05) is 18.2 Å². The van der Waals surface area contributed by atoms with E-state index in [0.717, 1.165) is 48.9 Å². The molecule has 114 valence electrons. The Morgan fingerprint density at radius 1 is 1.33 bits per heavy atom. The SMILES string of the molecule is Cn1c(=O)n(C)c2cc(C(N)CCC3CCCO3)ccc21. The van der Waals surface area contributed by atoms with Gasteiger partial charge in [-0.3, -0.25) is 9.13 Å². The topological polar surface area (TPSA) is 62.2 Å². The monoisotopic (exact) mass is 289 g/mol. The third kappa shape index (κ3) is 2.63. The molecular weight excluding hydrogens is 266 g/mol. The van der Waals surface area contributed by atoms with Crippen LogP contribution in [0.5, 0.6) is 0 Å². The van der Waals surface area contributed by atoms with Gasteiger partial charge >= 0.3 is 5.69 Å². The van der Waals surface area contributed by atoms with E-state index >= 15 is 0 Å². The fourth-order valence-electron chi connectivity index (χ4n) is 3.16. The van der Waals surface area contributed by atoms with Crippen molar-refractivity contribution < 1.29 is 4.74 Å². The Morgan fingerprint density at radius 3 is 2.81 bits per heavy atom. The number of ether oxygens (including phenoxy) is 1. The Kier molecular flexibility index (Phi) is 3.87. The summed E-state index contributed by atoms with van der Waals surface area (Å²) in [7, 11) is 3.59. The molecule has 0 aliphatic carbocycles. The quantitative estimate of drug-likeness (QED) is 0.934. The third-order valence-corrected chi connectivity index (χ3v) is 4.55. The normalized spacial score (nSPS) is 20.2. The molecule has 5 heteroatoms. The van der Waals surface area contributed by atoms with Crippen LogP contribution in [0.3, 0.4) is 0 Å². The molecule has 2 atom stereocenters. The zero-order valence-corrected chi connectivity index (χ0v) is 12.7. The highest BCUT2D eigenvalue weighted by molar-refractivity contribution is 5.77. The summed E-state index contributed by atoms with van der Waals surface area (Å²) in [6.07, 6.45) is 4.61. The molecule has 3 rings (SSSR count). The van der Waals surface area contributed by atoms with Gasteiger partial charge in [-0.25, -0.2) is 4.79 Å². The molecule has 1 aromatic heterocycles. The van der Waals surface area contributed by atoms with Crippen molar-refractivity contribution in [3.05, 3.63) is 34.2 Å². The van der Waals surface area contributed by atoms with E-state index in [0.29, 0.717) is 6.10 Å². The summed E-state index contributed by atoms with van der Waals surface area (Å²) < 4.78 is 8.98. The summed E-state index contributed by atoms with van der Waals surface area (Å²) in [5.41, 5.74) is 9.27. The van der Waals surface area contributed by atoms with Gasteiger partial charge in [0.1, 0.15) is 0 Å². The van der Waals surface area contributed by atoms with Crippen LogP contribution < -0.4 is 11.4 Å². The van der Waals surface area contributed by atoms with Crippen LogP contribution in [0.25, 0.3) is 11.0 Å². The predicted octanol–water partition coefficient (Wildman–Crippen LogP) is 1.84. The van der Waals surface area contributed by atoms with Crippen molar-refractivity contribution in [1.82, 2.24) is 9.13 Å². The molecule has 1 aromatic carbocycles.